The Balaban J connectivity index is 1.19. The second kappa shape index (κ2) is 11.0. The molecule has 2 heterocycles. The Labute approximate surface area is 251 Å². The van der Waals surface area contributed by atoms with Crippen molar-refractivity contribution in [1.29, 1.82) is 0 Å². The van der Waals surface area contributed by atoms with Crippen LogP contribution in [0.15, 0.2) is 120 Å². The number of fused-ring (bicyclic) bond motifs is 3. The van der Waals surface area contributed by atoms with Crippen LogP contribution in [0.25, 0.3) is 49.9 Å². The Kier molecular flexibility index (Phi) is 6.52. The van der Waals surface area contributed by atoms with Crippen LogP contribution in [-0.2, 0) is 6.42 Å². The maximum Gasteiger partial charge on any atom is 0.164 e. The van der Waals surface area contributed by atoms with Crippen LogP contribution in [0.3, 0.4) is 0 Å². The largest absolute Gasteiger partial charge is 0.460 e. The maximum atomic E-state index is 6.54. The summed E-state index contributed by atoms with van der Waals surface area (Å²) >= 11 is 0. The van der Waals surface area contributed by atoms with Crippen molar-refractivity contribution in [1.82, 2.24) is 15.0 Å². The molecule has 43 heavy (non-hydrogen) atoms. The lowest BCUT2D eigenvalue weighted by Crippen LogP contribution is -2.10. The molecule has 3 aromatic carbocycles. The van der Waals surface area contributed by atoms with E-state index in [0.29, 0.717) is 0 Å². The van der Waals surface area contributed by atoms with Gasteiger partial charge in [-0.15, -0.1) is 0 Å². The van der Waals surface area contributed by atoms with Gasteiger partial charge in [-0.3, -0.25) is 0 Å². The summed E-state index contributed by atoms with van der Waals surface area (Å²) in [5.74, 6) is 3.24. The van der Waals surface area contributed by atoms with Crippen LogP contribution >= 0.6 is 0 Å². The zero-order valence-corrected chi connectivity index (χ0v) is 24.0. The second-order valence-electron chi connectivity index (χ2n) is 11.3. The minimum Gasteiger partial charge on any atom is -0.460 e. The molecule has 0 saturated carbocycles. The molecule has 4 heteroatoms. The van der Waals surface area contributed by atoms with Gasteiger partial charge in [-0.25, -0.2) is 15.0 Å². The lowest BCUT2D eigenvalue weighted by atomic mass is 9.92. The number of benzene rings is 3. The van der Waals surface area contributed by atoms with Gasteiger partial charge in [0.25, 0.3) is 0 Å². The average Bonchev–Trinajstić information content (AvgIpc) is 3.47. The zero-order valence-electron chi connectivity index (χ0n) is 24.0. The molecule has 8 rings (SSSR count). The van der Waals surface area contributed by atoms with Crippen molar-refractivity contribution in [2.45, 2.75) is 38.5 Å². The Bertz CT molecular complexity index is 2000. The van der Waals surface area contributed by atoms with Gasteiger partial charge in [0.15, 0.2) is 17.5 Å². The van der Waals surface area contributed by atoms with E-state index in [9.17, 15) is 0 Å². The highest BCUT2D eigenvalue weighted by molar-refractivity contribution is 5.98. The van der Waals surface area contributed by atoms with Crippen molar-refractivity contribution in [2.75, 3.05) is 0 Å². The molecule has 0 fully saturated rings. The molecule has 2 aromatic heterocycles. The van der Waals surface area contributed by atoms with Crippen LogP contribution in [0.4, 0.5) is 0 Å². The molecule has 0 spiro atoms. The third-order valence-electron chi connectivity index (χ3n) is 8.51. The summed E-state index contributed by atoms with van der Waals surface area (Å²) in [4.78, 5) is 15.1. The predicted molar refractivity (Wildman–Crippen MR) is 175 cm³/mol. The quantitative estimate of drug-likeness (QED) is 0.216. The molecular formula is C39H31N3O. The maximum absolute atomic E-state index is 6.54. The normalized spacial score (nSPS) is 16.0. The van der Waals surface area contributed by atoms with Gasteiger partial charge < -0.3 is 4.42 Å². The molecule has 0 amide bonds. The highest BCUT2D eigenvalue weighted by Crippen LogP contribution is 2.40. The first kappa shape index (κ1) is 25.6. The van der Waals surface area contributed by atoms with E-state index in [1.54, 1.807) is 0 Å². The highest BCUT2D eigenvalue weighted by atomic mass is 16.3. The predicted octanol–water partition coefficient (Wildman–Crippen LogP) is 9.80. The zero-order chi connectivity index (χ0) is 28.6. The molecular weight excluding hydrogens is 526 g/mol. The van der Waals surface area contributed by atoms with E-state index in [1.807, 2.05) is 6.07 Å². The van der Waals surface area contributed by atoms with Gasteiger partial charge in [0.1, 0.15) is 11.3 Å². The van der Waals surface area contributed by atoms with Gasteiger partial charge in [-0.1, -0.05) is 103 Å². The monoisotopic (exact) mass is 557 g/mol. The van der Waals surface area contributed by atoms with Gasteiger partial charge in [0, 0.05) is 28.5 Å². The smallest absolute Gasteiger partial charge is 0.164 e. The minimum absolute atomic E-state index is 0.722. The molecule has 208 valence electrons. The minimum atomic E-state index is 0.722. The number of hydrogen-bond donors (Lipinski definition) is 0. The SMILES string of the molecule is C1=CCCC(c2nc(C3=CCCC=C3)nc(C3=CCCc4oc5cc(-c6ccc(-c7ccccc7)cc6)ccc5c43)n2)=C1. The lowest BCUT2D eigenvalue weighted by molar-refractivity contribution is 0.545. The first-order chi connectivity index (χ1) is 21.3. The summed E-state index contributed by atoms with van der Waals surface area (Å²) in [6.07, 6.45) is 21.0. The van der Waals surface area contributed by atoms with Crippen molar-refractivity contribution >= 4 is 27.7 Å². The van der Waals surface area contributed by atoms with Crippen molar-refractivity contribution < 1.29 is 4.42 Å². The van der Waals surface area contributed by atoms with Crippen LogP contribution in [0.2, 0.25) is 0 Å². The highest BCUT2D eigenvalue weighted by Gasteiger charge is 2.26. The first-order valence-corrected chi connectivity index (χ1v) is 15.2. The van der Waals surface area contributed by atoms with E-state index in [4.69, 9.17) is 19.4 Å². The Hall–Kier alpha value is -5.09. The number of aryl methyl sites for hydroxylation is 1. The van der Waals surface area contributed by atoms with Crippen molar-refractivity contribution in [3.63, 3.8) is 0 Å². The Morgan fingerprint density at radius 1 is 0.605 bits per heavy atom. The number of nitrogens with zero attached hydrogens (tertiary/aromatic N) is 3. The van der Waals surface area contributed by atoms with Crippen molar-refractivity contribution in [2.24, 2.45) is 0 Å². The summed E-state index contributed by atoms with van der Waals surface area (Å²) in [6.45, 7) is 0. The molecule has 3 aliphatic carbocycles. The fraction of sp³-hybridized carbons (Fsp3) is 0.154. The van der Waals surface area contributed by atoms with E-state index in [0.717, 1.165) is 101 Å². The third kappa shape index (κ3) is 4.89. The van der Waals surface area contributed by atoms with Crippen LogP contribution in [-0.4, -0.2) is 15.0 Å². The second-order valence-corrected chi connectivity index (χ2v) is 11.3. The molecule has 0 atom stereocenters. The molecule has 3 aliphatic rings. The van der Waals surface area contributed by atoms with Crippen LogP contribution in [0, 0.1) is 0 Å². The van der Waals surface area contributed by atoms with Crippen LogP contribution in [0.5, 0.6) is 0 Å². The van der Waals surface area contributed by atoms with E-state index in [2.05, 4.69) is 109 Å². The summed E-state index contributed by atoms with van der Waals surface area (Å²) < 4.78 is 6.54. The standard InChI is InChI=1S/C39H31N3O/c1-4-11-26(12-5-1)27-19-21-28(22-20-27)31-23-24-32-35(25-31)43-34-18-10-17-33(36(32)34)39-41-37(29-13-6-2-7-14-29)40-38(42-39)30-15-8-3-9-16-30/h1-2,4-6,8,11-13,15-17,19-25H,3,7,9-10,14,18H2. The van der Waals surface area contributed by atoms with E-state index < -0.39 is 0 Å². The molecule has 0 bridgehead atoms. The van der Waals surface area contributed by atoms with E-state index >= 15 is 0 Å². The summed E-state index contributed by atoms with van der Waals surface area (Å²) in [5, 5.41) is 1.10. The van der Waals surface area contributed by atoms with Gasteiger partial charge in [-0.05, 0) is 72.1 Å². The summed E-state index contributed by atoms with van der Waals surface area (Å²) in [5.41, 5.74) is 10.0. The van der Waals surface area contributed by atoms with Gasteiger partial charge in [0.2, 0.25) is 0 Å². The lowest BCUT2D eigenvalue weighted by Gasteiger charge is -2.16. The number of allylic oxidation sites excluding steroid dienone is 9. The number of aromatic nitrogens is 3. The van der Waals surface area contributed by atoms with Crippen LogP contribution in [0.1, 0.15) is 60.9 Å². The fourth-order valence-corrected chi connectivity index (χ4v) is 6.27. The average molecular weight is 558 g/mol. The van der Waals surface area contributed by atoms with Crippen LogP contribution < -0.4 is 0 Å². The Morgan fingerprint density at radius 3 is 2.16 bits per heavy atom. The molecule has 0 radical (unpaired) electrons. The van der Waals surface area contributed by atoms with Gasteiger partial charge >= 0.3 is 0 Å². The van der Waals surface area contributed by atoms with Crippen molar-refractivity contribution in [3.8, 4) is 22.3 Å². The summed E-state index contributed by atoms with van der Waals surface area (Å²) in [6, 6.07) is 25.8. The fourth-order valence-electron chi connectivity index (χ4n) is 6.27. The summed E-state index contributed by atoms with van der Waals surface area (Å²) in [7, 11) is 0. The van der Waals surface area contributed by atoms with Gasteiger partial charge in [0.05, 0.1) is 0 Å². The van der Waals surface area contributed by atoms with E-state index in [1.165, 1.54) is 16.7 Å². The van der Waals surface area contributed by atoms with Gasteiger partial charge in [-0.2, -0.15) is 0 Å². The Morgan fingerprint density at radius 2 is 1.37 bits per heavy atom. The number of hydrogen-bond acceptors (Lipinski definition) is 4. The molecule has 4 nitrogen and oxygen atoms in total. The number of rotatable bonds is 5. The molecule has 0 N–H and O–H groups in total. The van der Waals surface area contributed by atoms with Crippen molar-refractivity contribution in [3.05, 3.63) is 144 Å². The molecule has 0 unspecified atom stereocenters. The van der Waals surface area contributed by atoms with E-state index in [-0.39, 0.29) is 0 Å². The molecule has 5 aromatic rings. The first-order valence-electron chi connectivity index (χ1n) is 15.2. The topological polar surface area (TPSA) is 51.8 Å². The molecule has 0 saturated heterocycles. The third-order valence-corrected chi connectivity index (χ3v) is 8.51. The number of furan rings is 1. The molecule has 0 aliphatic heterocycles.